The number of hydrogen-bond acceptors (Lipinski definition) is 7. The van der Waals surface area contributed by atoms with Gasteiger partial charge in [0, 0.05) is 11.5 Å². The highest BCUT2D eigenvalue weighted by atomic mass is 32.2. The first-order chi connectivity index (χ1) is 8.40. The van der Waals surface area contributed by atoms with Gasteiger partial charge >= 0.3 is 5.97 Å². The molecule has 2 aromatic heterocycles. The number of H-pyrrole nitrogens is 1. The van der Waals surface area contributed by atoms with Crippen LogP contribution >= 0.6 is 11.5 Å². The highest BCUT2D eigenvalue weighted by Gasteiger charge is 2.25. The number of carbonyl (C=O) groups is 1. The molecule has 0 spiro atoms. The van der Waals surface area contributed by atoms with Crippen molar-refractivity contribution in [2.75, 3.05) is 4.72 Å². The molecule has 0 unspecified atom stereocenters. The second-order valence-electron chi connectivity index (χ2n) is 3.17. The summed E-state index contributed by atoms with van der Waals surface area (Å²) in [5.74, 6) is -0.974. The van der Waals surface area contributed by atoms with Crippen LogP contribution in [0.1, 0.15) is 16.2 Å². The summed E-state index contributed by atoms with van der Waals surface area (Å²) in [6.07, 6.45) is 0.919. The fourth-order valence-corrected chi connectivity index (χ4v) is 3.03. The topological polar surface area (TPSA) is 138 Å². The molecule has 0 atom stereocenters. The van der Waals surface area contributed by atoms with Crippen LogP contribution < -0.4 is 4.72 Å². The van der Waals surface area contributed by atoms with E-state index in [-0.39, 0.29) is 5.13 Å². The Hall–Kier alpha value is -2.01. The van der Waals surface area contributed by atoms with E-state index in [9.17, 15) is 13.2 Å². The molecule has 9 nitrogen and oxygen atoms in total. The maximum Gasteiger partial charge on any atom is 0.340 e. The predicted molar refractivity (Wildman–Crippen MR) is 61.0 cm³/mol. The van der Waals surface area contributed by atoms with Crippen LogP contribution in [0.3, 0.4) is 0 Å². The van der Waals surface area contributed by atoms with Crippen molar-refractivity contribution in [2.45, 2.75) is 11.9 Å². The van der Waals surface area contributed by atoms with Gasteiger partial charge in [0.05, 0.1) is 6.20 Å². The van der Waals surface area contributed by atoms with E-state index in [1.54, 1.807) is 6.92 Å². The molecule has 0 aliphatic rings. The van der Waals surface area contributed by atoms with Crippen molar-refractivity contribution >= 4 is 32.7 Å². The quantitative estimate of drug-likeness (QED) is 0.723. The highest BCUT2D eigenvalue weighted by molar-refractivity contribution is 7.92. The van der Waals surface area contributed by atoms with Gasteiger partial charge in [-0.2, -0.15) is 17.9 Å². The van der Waals surface area contributed by atoms with Gasteiger partial charge in [0.2, 0.25) is 5.13 Å². The number of nitrogens with zero attached hydrogens (tertiary/aromatic N) is 3. The summed E-state index contributed by atoms with van der Waals surface area (Å²) in [5, 5.41) is 13.9. The van der Waals surface area contributed by atoms with Crippen molar-refractivity contribution in [3.05, 3.63) is 17.6 Å². The Balaban J connectivity index is 2.37. The molecule has 0 fully saturated rings. The van der Waals surface area contributed by atoms with E-state index in [2.05, 4.69) is 24.3 Å². The Morgan fingerprint density at radius 1 is 1.56 bits per heavy atom. The van der Waals surface area contributed by atoms with E-state index in [4.69, 9.17) is 5.11 Å². The van der Waals surface area contributed by atoms with Crippen LogP contribution in [-0.4, -0.2) is 39.0 Å². The molecule has 11 heteroatoms. The minimum Gasteiger partial charge on any atom is -0.478 e. The van der Waals surface area contributed by atoms with E-state index >= 15 is 0 Å². The third kappa shape index (κ3) is 2.31. The van der Waals surface area contributed by atoms with Gasteiger partial charge in [-0.1, -0.05) is 0 Å². The van der Waals surface area contributed by atoms with Gasteiger partial charge < -0.3 is 5.11 Å². The summed E-state index contributed by atoms with van der Waals surface area (Å²) in [6.45, 7) is 1.60. The number of rotatable bonds is 4. The third-order valence-corrected chi connectivity index (χ3v) is 4.01. The number of carboxylic acid groups (broad SMARTS) is 1. The summed E-state index contributed by atoms with van der Waals surface area (Å²) in [7, 11) is -4.07. The van der Waals surface area contributed by atoms with Crippen LogP contribution in [0.25, 0.3) is 0 Å². The molecule has 0 saturated carbocycles. The number of nitrogens with one attached hydrogen (secondary N) is 2. The summed E-state index contributed by atoms with van der Waals surface area (Å²) in [6, 6.07) is 0. The molecule has 0 aromatic carbocycles. The molecule has 0 amide bonds. The summed E-state index contributed by atoms with van der Waals surface area (Å²) < 4.78 is 29.7. The zero-order chi connectivity index (χ0) is 13.3. The molecule has 3 N–H and O–H groups in total. The van der Waals surface area contributed by atoms with E-state index in [0.29, 0.717) is 5.82 Å². The molecule has 96 valence electrons. The summed E-state index contributed by atoms with van der Waals surface area (Å²) >= 11 is 0.855. The number of aryl methyl sites for hydroxylation is 1. The van der Waals surface area contributed by atoms with Crippen LogP contribution in [-0.2, 0) is 10.0 Å². The first kappa shape index (κ1) is 12.4. The van der Waals surface area contributed by atoms with Crippen LogP contribution in [0.5, 0.6) is 0 Å². The Bertz CT molecular complexity index is 688. The smallest absolute Gasteiger partial charge is 0.340 e. The van der Waals surface area contributed by atoms with E-state index in [1.807, 2.05) is 0 Å². The van der Waals surface area contributed by atoms with Gasteiger partial charge in [0.1, 0.15) is 11.4 Å². The second-order valence-corrected chi connectivity index (χ2v) is 5.54. The molecule has 0 bridgehead atoms. The lowest BCUT2D eigenvalue weighted by molar-refractivity contribution is 0.0692. The molecular formula is C7H7N5O4S2. The van der Waals surface area contributed by atoms with Crippen LogP contribution in [0.4, 0.5) is 5.13 Å². The Labute approximate surface area is 105 Å². The maximum absolute atomic E-state index is 11.9. The maximum atomic E-state index is 11.9. The minimum atomic E-state index is -4.07. The number of sulfonamides is 1. The monoisotopic (exact) mass is 289 g/mol. The zero-order valence-electron chi connectivity index (χ0n) is 8.91. The van der Waals surface area contributed by atoms with Crippen molar-refractivity contribution in [1.82, 2.24) is 19.6 Å². The largest absolute Gasteiger partial charge is 0.478 e. The molecular weight excluding hydrogens is 282 g/mol. The fraction of sp³-hybridized carbons (Fsp3) is 0.143. The summed E-state index contributed by atoms with van der Waals surface area (Å²) in [4.78, 5) is 14.6. The third-order valence-electron chi connectivity index (χ3n) is 1.85. The SMILES string of the molecule is Cc1nsc(NS(=O)(=O)c2[nH]ncc2C(=O)O)n1. The van der Waals surface area contributed by atoms with Crippen LogP contribution in [0, 0.1) is 6.92 Å². The second kappa shape index (κ2) is 4.34. The number of aromatic carboxylic acids is 1. The van der Waals surface area contributed by atoms with Crippen molar-refractivity contribution in [1.29, 1.82) is 0 Å². The standard InChI is InChI=1S/C7H7N5O4S2/c1-3-9-7(17-11-3)12-18(15,16)5-4(6(13)14)2-8-10-5/h2H,1H3,(H,8,10)(H,13,14)(H,9,11,12). The molecule has 2 rings (SSSR count). The molecule has 2 heterocycles. The fourth-order valence-electron chi connectivity index (χ4n) is 1.14. The van der Waals surface area contributed by atoms with Gasteiger partial charge in [-0.3, -0.25) is 9.82 Å². The number of aromatic amines is 1. The molecule has 0 radical (unpaired) electrons. The average Bonchev–Trinajstić information content (AvgIpc) is 2.86. The predicted octanol–water partition coefficient (Wildman–Crippen LogP) is 0.0686. The number of hydrogen-bond donors (Lipinski definition) is 3. The molecule has 0 aliphatic heterocycles. The van der Waals surface area contributed by atoms with Crippen molar-refractivity contribution < 1.29 is 18.3 Å². The minimum absolute atomic E-state index is 0.0541. The van der Waals surface area contributed by atoms with Crippen molar-refractivity contribution in [3.63, 3.8) is 0 Å². The van der Waals surface area contributed by atoms with Gasteiger partial charge in [0.15, 0.2) is 5.03 Å². The number of carboxylic acids is 1. The first-order valence-electron chi connectivity index (χ1n) is 4.50. The van der Waals surface area contributed by atoms with E-state index in [1.165, 1.54) is 0 Å². The lowest BCUT2D eigenvalue weighted by Gasteiger charge is -2.02. The molecule has 0 aliphatic carbocycles. The van der Waals surface area contributed by atoms with Gasteiger partial charge in [-0.25, -0.2) is 9.78 Å². The summed E-state index contributed by atoms with van der Waals surface area (Å²) in [5.41, 5.74) is -0.441. The van der Waals surface area contributed by atoms with Crippen LogP contribution in [0.15, 0.2) is 11.2 Å². The first-order valence-corrected chi connectivity index (χ1v) is 6.75. The van der Waals surface area contributed by atoms with E-state index < -0.39 is 26.6 Å². The Kier molecular flexibility index (Phi) is 3.00. The van der Waals surface area contributed by atoms with Crippen molar-refractivity contribution in [3.8, 4) is 0 Å². The van der Waals surface area contributed by atoms with Crippen LogP contribution in [0.2, 0.25) is 0 Å². The van der Waals surface area contributed by atoms with Gasteiger partial charge in [0.25, 0.3) is 10.0 Å². The Morgan fingerprint density at radius 2 is 2.28 bits per heavy atom. The normalized spacial score (nSPS) is 11.4. The van der Waals surface area contributed by atoms with Gasteiger partial charge in [-0.15, -0.1) is 0 Å². The Morgan fingerprint density at radius 3 is 2.83 bits per heavy atom. The number of aromatic nitrogens is 4. The lowest BCUT2D eigenvalue weighted by atomic mass is 10.4. The van der Waals surface area contributed by atoms with E-state index in [0.717, 1.165) is 17.7 Å². The van der Waals surface area contributed by atoms with Crippen molar-refractivity contribution in [2.24, 2.45) is 0 Å². The molecule has 18 heavy (non-hydrogen) atoms. The lowest BCUT2D eigenvalue weighted by Crippen LogP contribution is -2.16. The molecule has 2 aromatic rings. The van der Waals surface area contributed by atoms with Gasteiger partial charge in [-0.05, 0) is 6.92 Å². The number of anilines is 1. The zero-order valence-corrected chi connectivity index (χ0v) is 10.5. The highest BCUT2D eigenvalue weighted by Crippen LogP contribution is 2.18. The molecule has 0 saturated heterocycles. The average molecular weight is 289 g/mol.